The molecule has 0 aliphatic rings. The largest absolute Gasteiger partial charge is 0.207 e. The molecule has 3 heteroatoms. The molecule has 0 fully saturated rings. The van der Waals surface area contributed by atoms with Gasteiger partial charge in [0.2, 0.25) is 0 Å². The zero-order valence-corrected chi connectivity index (χ0v) is 7.47. The van der Waals surface area contributed by atoms with E-state index in [4.69, 9.17) is 23.8 Å². The Hall–Kier alpha value is -0.470. The van der Waals surface area contributed by atoms with E-state index in [0.29, 0.717) is 11.1 Å². The minimum atomic E-state index is -0.235. The van der Waals surface area contributed by atoms with Gasteiger partial charge in [-0.2, -0.15) is 0 Å². The number of hydrogen-bond acceptors (Lipinski definition) is 1. The average Bonchev–Trinajstić information content (AvgIpc) is 1.94. The van der Waals surface area contributed by atoms with Gasteiger partial charge in [-0.1, -0.05) is 23.8 Å². The van der Waals surface area contributed by atoms with Crippen molar-refractivity contribution < 1.29 is 4.39 Å². The number of rotatable bonds is 1. The van der Waals surface area contributed by atoms with Crippen LogP contribution in [0.4, 0.5) is 4.39 Å². The van der Waals surface area contributed by atoms with E-state index < -0.39 is 0 Å². The van der Waals surface area contributed by atoms with Gasteiger partial charge in [-0.3, -0.25) is 0 Å². The first-order valence-electron chi connectivity index (χ1n) is 3.07. The lowest BCUT2D eigenvalue weighted by Crippen LogP contribution is -1.89. The predicted molar refractivity (Wildman–Crippen MR) is 48.7 cm³/mol. The highest BCUT2D eigenvalue weighted by Crippen LogP contribution is 2.11. The molecule has 0 saturated heterocycles. The Kier molecular flexibility index (Phi) is 2.58. The van der Waals surface area contributed by atoms with Crippen molar-refractivity contribution in [3.63, 3.8) is 0 Å². The second-order valence-electron chi connectivity index (χ2n) is 2.24. The van der Waals surface area contributed by atoms with Gasteiger partial charge in [-0.05, 0) is 30.7 Å². The van der Waals surface area contributed by atoms with Crippen molar-refractivity contribution in [2.24, 2.45) is 0 Å². The van der Waals surface area contributed by atoms with Crippen molar-refractivity contribution in [1.29, 1.82) is 0 Å². The van der Waals surface area contributed by atoms with Crippen LogP contribution in [0.15, 0.2) is 18.2 Å². The highest BCUT2D eigenvalue weighted by atomic mass is 35.5. The number of halogens is 2. The zero-order chi connectivity index (χ0) is 8.43. The molecule has 0 spiro atoms. The molecule has 0 nitrogen and oxygen atoms in total. The first kappa shape index (κ1) is 8.62. The Bertz CT molecular complexity index is 296. The fourth-order valence-corrected chi connectivity index (χ4v) is 1.01. The highest BCUT2D eigenvalue weighted by Gasteiger charge is 2.00. The Morgan fingerprint density at radius 3 is 2.64 bits per heavy atom. The molecule has 1 aromatic rings. The summed E-state index contributed by atoms with van der Waals surface area (Å²) >= 11 is 10.2. The molecule has 0 amide bonds. The molecule has 0 atom stereocenters. The third-order valence-corrected chi connectivity index (χ3v) is 1.84. The van der Waals surface area contributed by atoms with Gasteiger partial charge in [0, 0.05) is 5.56 Å². The number of benzene rings is 1. The first-order valence-corrected chi connectivity index (χ1v) is 3.86. The summed E-state index contributed by atoms with van der Waals surface area (Å²) in [6, 6.07) is 4.56. The maximum Gasteiger partial charge on any atom is 0.126 e. The van der Waals surface area contributed by atoms with Gasteiger partial charge in [0.15, 0.2) is 0 Å². The van der Waals surface area contributed by atoms with E-state index >= 15 is 0 Å². The number of hydrogen-bond donors (Lipinski definition) is 0. The summed E-state index contributed by atoms with van der Waals surface area (Å²) < 4.78 is 12.9. The third-order valence-electron chi connectivity index (χ3n) is 1.38. The second-order valence-corrected chi connectivity index (χ2v) is 3.25. The molecular weight excluding hydrogens is 183 g/mol. The van der Waals surface area contributed by atoms with Crippen LogP contribution in [-0.4, -0.2) is 4.32 Å². The fourth-order valence-electron chi connectivity index (χ4n) is 0.767. The minimum Gasteiger partial charge on any atom is -0.207 e. The highest BCUT2D eigenvalue weighted by molar-refractivity contribution is 7.83. The summed E-state index contributed by atoms with van der Waals surface area (Å²) in [7, 11) is 0. The van der Waals surface area contributed by atoms with Crippen molar-refractivity contribution in [2.75, 3.05) is 0 Å². The maximum atomic E-state index is 12.7. The van der Waals surface area contributed by atoms with Crippen molar-refractivity contribution in [3.8, 4) is 0 Å². The number of aryl methyl sites for hydroxylation is 1. The van der Waals surface area contributed by atoms with E-state index in [-0.39, 0.29) is 10.1 Å². The van der Waals surface area contributed by atoms with Crippen LogP contribution in [-0.2, 0) is 0 Å². The van der Waals surface area contributed by atoms with Crippen molar-refractivity contribution in [2.45, 2.75) is 6.92 Å². The molecule has 0 aromatic heterocycles. The van der Waals surface area contributed by atoms with Crippen molar-refractivity contribution in [3.05, 3.63) is 35.1 Å². The van der Waals surface area contributed by atoms with Crippen molar-refractivity contribution >= 4 is 28.1 Å². The summed E-state index contributed by atoms with van der Waals surface area (Å²) in [5.74, 6) is -0.235. The van der Waals surface area contributed by atoms with E-state index in [2.05, 4.69) is 0 Å². The monoisotopic (exact) mass is 188 g/mol. The zero-order valence-electron chi connectivity index (χ0n) is 5.90. The SMILES string of the molecule is Cc1cc(C(=S)Cl)ccc1F. The molecule has 0 unspecified atom stereocenters. The average molecular weight is 189 g/mol. The normalized spacial score (nSPS) is 9.73. The molecule has 0 bridgehead atoms. The Labute approximate surface area is 75.0 Å². The third kappa shape index (κ3) is 1.98. The van der Waals surface area contributed by atoms with Crippen LogP contribution in [0.3, 0.4) is 0 Å². The fraction of sp³-hybridized carbons (Fsp3) is 0.125. The van der Waals surface area contributed by atoms with E-state index in [1.165, 1.54) is 6.07 Å². The molecule has 58 valence electrons. The van der Waals surface area contributed by atoms with Gasteiger partial charge in [-0.25, -0.2) is 4.39 Å². The molecule has 0 saturated carbocycles. The predicted octanol–water partition coefficient (Wildman–Crippen LogP) is 3.05. The molecule has 0 radical (unpaired) electrons. The lowest BCUT2D eigenvalue weighted by Gasteiger charge is -1.98. The van der Waals surface area contributed by atoms with E-state index in [1.807, 2.05) is 0 Å². The van der Waals surface area contributed by atoms with Crippen LogP contribution >= 0.6 is 23.8 Å². The summed E-state index contributed by atoms with van der Waals surface area (Å²) in [6.45, 7) is 1.67. The van der Waals surface area contributed by atoms with Crippen LogP contribution in [0.5, 0.6) is 0 Å². The van der Waals surface area contributed by atoms with Gasteiger partial charge >= 0.3 is 0 Å². The standard InChI is InChI=1S/C8H6ClFS/c1-5-4-6(8(9)11)2-3-7(5)10/h2-4H,1H3. The van der Waals surface area contributed by atoms with Gasteiger partial charge < -0.3 is 0 Å². The van der Waals surface area contributed by atoms with Crippen LogP contribution in [0.1, 0.15) is 11.1 Å². The summed E-state index contributed by atoms with van der Waals surface area (Å²) in [6.07, 6.45) is 0. The molecule has 1 aromatic carbocycles. The number of thiocarbonyl (C=S) groups is 1. The molecule has 0 aliphatic carbocycles. The lowest BCUT2D eigenvalue weighted by atomic mass is 10.1. The summed E-state index contributed by atoms with van der Waals surface area (Å²) in [5, 5.41) is 0. The van der Waals surface area contributed by atoms with Gasteiger partial charge in [0.1, 0.15) is 10.1 Å². The van der Waals surface area contributed by atoms with E-state index in [9.17, 15) is 4.39 Å². The van der Waals surface area contributed by atoms with Gasteiger partial charge in [0.25, 0.3) is 0 Å². The molecule has 11 heavy (non-hydrogen) atoms. The topological polar surface area (TPSA) is 0 Å². The minimum absolute atomic E-state index is 0.235. The maximum absolute atomic E-state index is 12.7. The van der Waals surface area contributed by atoms with Gasteiger partial charge in [-0.15, -0.1) is 0 Å². The Morgan fingerprint density at radius 2 is 2.18 bits per heavy atom. The van der Waals surface area contributed by atoms with Crippen LogP contribution < -0.4 is 0 Å². The molecule has 0 N–H and O–H groups in total. The molecular formula is C8H6ClFS. The second kappa shape index (κ2) is 3.28. The van der Waals surface area contributed by atoms with Gasteiger partial charge in [0.05, 0.1) is 0 Å². The van der Waals surface area contributed by atoms with Crippen LogP contribution in [0.2, 0.25) is 0 Å². The molecule has 0 aliphatic heterocycles. The Balaban J connectivity index is 3.15. The summed E-state index contributed by atoms with van der Waals surface area (Å²) in [4.78, 5) is 0. The first-order chi connectivity index (χ1) is 5.11. The molecule has 0 heterocycles. The van der Waals surface area contributed by atoms with Crippen molar-refractivity contribution in [1.82, 2.24) is 0 Å². The molecule has 1 rings (SSSR count). The van der Waals surface area contributed by atoms with E-state index in [0.717, 1.165) is 0 Å². The quantitative estimate of drug-likeness (QED) is 0.482. The smallest absolute Gasteiger partial charge is 0.126 e. The van der Waals surface area contributed by atoms with Crippen LogP contribution in [0, 0.1) is 12.7 Å². The van der Waals surface area contributed by atoms with Crippen LogP contribution in [0.25, 0.3) is 0 Å². The van der Waals surface area contributed by atoms with E-state index in [1.54, 1.807) is 19.1 Å². The lowest BCUT2D eigenvalue weighted by molar-refractivity contribution is 0.618. The Morgan fingerprint density at radius 1 is 1.55 bits per heavy atom. The summed E-state index contributed by atoms with van der Waals surface area (Å²) in [5.41, 5.74) is 1.26.